The first-order valence-corrected chi connectivity index (χ1v) is 9.55. The van der Waals surface area contributed by atoms with Crippen molar-refractivity contribution in [2.75, 3.05) is 34.9 Å². The van der Waals surface area contributed by atoms with Crippen molar-refractivity contribution in [3.05, 3.63) is 53.3 Å². The Kier molecular flexibility index (Phi) is 6.46. The van der Waals surface area contributed by atoms with E-state index in [2.05, 4.69) is 15.6 Å². The Morgan fingerprint density at radius 2 is 1.66 bits per heavy atom. The molecule has 2 N–H and O–H groups in total. The minimum atomic E-state index is -0.163. The predicted octanol–water partition coefficient (Wildman–Crippen LogP) is 3.25. The van der Waals surface area contributed by atoms with E-state index in [1.165, 1.54) is 6.07 Å². The van der Waals surface area contributed by atoms with Crippen LogP contribution in [0.3, 0.4) is 0 Å². The lowest BCUT2D eigenvalue weighted by molar-refractivity contribution is 0.347. The van der Waals surface area contributed by atoms with E-state index in [9.17, 15) is 4.39 Å². The van der Waals surface area contributed by atoms with Crippen molar-refractivity contribution in [2.24, 2.45) is 4.99 Å². The van der Waals surface area contributed by atoms with Crippen LogP contribution in [0, 0.1) is 5.82 Å². The molecule has 1 aliphatic carbocycles. The van der Waals surface area contributed by atoms with E-state index in [4.69, 9.17) is 14.2 Å². The monoisotopic (exact) mass is 401 g/mol. The van der Waals surface area contributed by atoms with Crippen molar-refractivity contribution in [1.29, 1.82) is 0 Å². The van der Waals surface area contributed by atoms with Gasteiger partial charge in [-0.3, -0.25) is 4.99 Å². The number of aliphatic imine (C=N–C) groups is 1. The van der Waals surface area contributed by atoms with Gasteiger partial charge in [0.25, 0.3) is 0 Å². The molecule has 1 aliphatic rings. The standard InChI is InChI=1S/C22H28FN3O3/c1-24-21(26-14-22(9-10-22)16-7-5-6-8-17(16)23)25-13-15-11-19(28-3)20(29-4)12-18(15)27-2/h5-8,11-12H,9-10,13-14H2,1-4H3,(H2,24,25,26). The number of guanidine groups is 1. The van der Waals surface area contributed by atoms with Gasteiger partial charge in [-0.1, -0.05) is 18.2 Å². The van der Waals surface area contributed by atoms with E-state index in [1.807, 2.05) is 18.2 Å². The van der Waals surface area contributed by atoms with Crippen LogP contribution in [-0.4, -0.2) is 40.9 Å². The minimum absolute atomic E-state index is 0.148. The van der Waals surface area contributed by atoms with Crippen LogP contribution in [0.1, 0.15) is 24.0 Å². The summed E-state index contributed by atoms with van der Waals surface area (Å²) < 4.78 is 30.4. The molecule has 0 aromatic heterocycles. The molecular weight excluding hydrogens is 373 g/mol. The topological polar surface area (TPSA) is 64.1 Å². The average molecular weight is 401 g/mol. The smallest absolute Gasteiger partial charge is 0.191 e. The largest absolute Gasteiger partial charge is 0.496 e. The highest BCUT2D eigenvalue weighted by Crippen LogP contribution is 2.48. The highest BCUT2D eigenvalue weighted by atomic mass is 19.1. The summed E-state index contributed by atoms with van der Waals surface area (Å²) in [6.07, 6.45) is 1.92. The molecule has 0 unspecified atom stereocenters. The van der Waals surface area contributed by atoms with Crippen molar-refractivity contribution >= 4 is 5.96 Å². The van der Waals surface area contributed by atoms with Gasteiger partial charge in [0.05, 0.1) is 21.3 Å². The van der Waals surface area contributed by atoms with Crippen molar-refractivity contribution in [1.82, 2.24) is 10.6 Å². The second-order valence-electron chi connectivity index (χ2n) is 7.06. The molecule has 3 rings (SSSR count). The number of nitrogens with zero attached hydrogens (tertiary/aromatic N) is 1. The number of hydrogen-bond donors (Lipinski definition) is 2. The van der Waals surface area contributed by atoms with Crippen LogP contribution in [-0.2, 0) is 12.0 Å². The lowest BCUT2D eigenvalue weighted by Crippen LogP contribution is -2.41. The van der Waals surface area contributed by atoms with E-state index >= 15 is 0 Å². The molecule has 0 aliphatic heterocycles. The normalized spacial score (nSPS) is 14.9. The van der Waals surface area contributed by atoms with Crippen LogP contribution in [0.2, 0.25) is 0 Å². The number of ether oxygens (including phenoxy) is 3. The van der Waals surface area contributed by atoms with Crippen LogP contribution in [0.25, 0.3) is 0 Å². The van der Waals surface area contributed by atoms with Gasteiger partial charge in [-0.2, -0.15) is 0 Å². The Labute approximate surface area is 171 Å². The molecule has 1 saturated carbocycles. The molecule has 0 heterocycles. The SMILES string of the molecule is CN=C(NCc1cc(OC)c(OC)cc1OC)NCC1(c2ccccc2F)CC1. The third kappa shape index (κ3) is 4.55. The Hall–Kier alpha value is -2.96. The summed E-state index contributed by atoms with van der Waals surface area (Å²) >= 11 is 0. The molecule has 1 fully saturated rings. The van der Waals surface area contributed by atoms with Crippen LogP contribution in [0.15, 0.2) is 41.4 Å². The van der Waals surface area contributed by atoms with Gasteiger partial charge >= 0.3 is 0 Å². The third-order valence-corrected chi connectivity index (χ3v) is 5.35. The van der Waals surface area contributed by atoms with Gasteiger partial charge in [-0.15, -0.1) is 0 Å². The summed E-state index contributed by atoms with van der Waals surface area (Å²) in [5, 5.41) is 6.62. The quantitative estimate of drug-likeness (QED) is 0.525. The number of nitrogens with one attached hydrogen (secondary N) is 2. The molecule has 6 nitrogen and oxygen atoms in total. The van der Waals surface area contributed by atoms with Gasteiger partial charge in [-0.05, 0) is 30.5 Å². The second kappa shape index (κ2) is 9.03. The van der Waals surface area contributed by atoms with E-state index in [0.717, 1.165) is 24.0 Å². The molecule has 0 spiro atoms. The summed E-state index contributed by atoms with van der Waals surface area (Å²) in [5.41, 5.74) is 1.51. The summed E-state index contributed by atoms with van der Waals surface area (Å²) in [6, 6.07) is 10.7. The van der Waals surface area contributed by atoms with E-state index in [1.54, 1.807) is 40.5 Å². The zero-order valence-corrected chi connectivity index (χ0v) is 17.3. The number of methoxy groups -OCH3 is 3. The Bertz CT molecular complexity index is 882. The van der Waals surface area contributed by atoms with Crippen LogP contribution < -0.4 is 24.8 Å². The van der Waals surface area contributed by atoms with Gasteiger partial charge in [0.1, 0.15) is 11.6 Å². The van der Waals surface area contributed by atoms with Crippen molar-refractivity contribution in [3.8, 4) is 17.2 Å². The fraction of sp³-hybridized carbons (Fsp3) is 0.409. The van der Waals surface area contributed by atoms with Gasteiger partial charge in [0.2, 0.25) is 0 Å². The molecule has 2 aromatic carbocycles. The Morgan fingerprint density at radius 3 is 2.24 bits per heavy atom. The zero-order chi connectivity index (χ0) is 20.9. The first kappa shape index (κ1) is 20.8. The highest BCUT2D eigenvalue weighted by molar-refractivity contribution is 5.80. The molecule has 7 heteroatoms. The number of rotatable bonds is 8. The van der Waals surface area contributed by atoms with Crippen LogP contribution in [0.5, 0.6) is 17.2 Å². The van der Waals surface area contributed by atoms with E-state index in [0.29, 0.717) is 36.3 Å². The molecule has 0 bridgehead atoms. The second-order valence-corrected chi connectivity index (χ2v) is 7.06. The maximum Gasteiger partial charge on any atom is 0.191 e. The fourth-order valence-electron chi connectivity index (χ4n) is 3.47. The van der Waals surface area contributed by atoms with E-state index < -0.39 is 0 Å². The van der Waals surface area contributed by atoms with Gasteiger partial charge in [0, 0.05) is 37.2 Å². The summed E-state index contributed by atoms with van der Waals surface area (Å²) in [5.74, 6) is 2.42. The summed E-state index contributed by atoms with van der Waals surface area (Å²) in [4.78, 5) is 4.29. The maximum atomic E-state index is 14.2. The molecule has 0 atom stereocenters. The molecule has 0 radical (unpaired) electrons. The van der Waals surface area contributed by atoms with Crippen molar-refractivity contribution in [2.45, 2.75) is 24.8 Å². The molecule has 0 saturated heterocycles. The van der Waals surface area contributed by atoms with Crippen molar-refractivity contribution < 1.29 is 18.6 Å². The van der Waals surface area contributed by atoms with Crippen LogP contribution in [0.4, 0.5) is 4.39 Å². The zero-order valence-electron chi connectivity index (χ0n) is 17.3. The molecule has 0 amide bonds. The lowest BCUT2D eigenvalue weighted by atomic mass is 9.95. The van der Waals surface area contributed by atoms with Gasteiger partial charge < -0.3 is 24.8 Å². The van der Waals surface area contributed by atoms with E-state index in [-0.39, 0.29) is 11.2 Å². The third-order valence-electron chi connectivity index (χ3n) is 5.35. The first-order valence-electron chi connectivity index (χ1n) is 9.55. The predicted molar refractivity (Wildman–Crippen MR) is 112 cm³/mol. The summed E-state index contributed by atoms with van der Waals surface area (Å²) in [6.45, 7) is 1.10. The highest BCUT2D eigenvalue weighted by Gasteiger charge is 2.45. The number of hydrogen-bond acceptors (Lipinski definition) is 4. The number of halogens is 1. The van der Waals surface area contributed by atoms with Gasteiger partial charge in [0.15, 0.2) is 17.5 Å². The van der Waals surface area contributed by atoms with Crippen molar-refractivity contribution in [3.63, 3.8) is 0 Å². The lowest BCUT2D eigenvalue weighted by Gasteiger charge is -2.20. The molecule has 29 heavy (non-hydrogen) atoms. The first-order chi connectivity index (χ1) is 14.1. The molecular formula is C22H28FN3O3. The van der Waals surface area contributed by atoms with Crippen LogP contribution >= 0.6 is 0 Å². The summed E-state index contributed by atoms with van der Waals surface area (Å²) in [7, 11) is 6.51. The molecule has 156 valence electrons. The van der Waals surface area contributed by atoms with Gasteiger partial charge in [-0.25, -0.2) is 4.39 Å². The maximum absolute atomic E-state index is 14.2. The minimum Gasteiger partial charge on any atom is -0.496 e. The molecule has 2 aromatic rings. The fourth-order valence-corrected chi connectivity index (χ4v) is 3.47. The number of benzene rings is 2. The average Bonchev–Trinajstić information content (AvgIpc) is 3.54. The Balaban J connectivity index is 1.65. The Morgan fingerprint density at radius 1 is 1.00 bits per heavy atom.